The third-order valence-corrected chi connectivity index (χ3v) is 5.45. The molecule has 6 nitrogen and oxygen atoms in total. The predicted molar refractivity (Wildman–Crippen MR) is 106 cm³/mol. The Hall–Kier alpha value is -2.03. The third kappa shape index (κ3) is 3.76. The van der Waals surface area contributed by atoms with Crippen LogP contribution >= 0.6 is 12.2 Å². The van der Waals surface area contributed by atoms with E-state index in [1.54, 1.807) is 0 Å². The van der Waals surface area contributed by atoms with Gasteiger partial charge in [0.15, 0.2) is 6.10 Å². The number of hydrogen-bond donors (Lipinski definition) is 3. The highest BCUT2D eigenvalue weighted by molar-refractivity contribution is 7.80. The number of ether oxygens (including phenoxy) is 3. The molecule has 1 saturated heterocycles. The van der Waals surface area contributed by atoms with Crippen molar-refractivity contribution in [1.82, 2.24) is 5.32 Å². The number of nitrogens with one attached hydrogen (secondary N) is 1. The molecule has 0 unspecified atom stereocenters. The van der Waals surface area contributed by atoms with E-state index in [1.807, 2.05) is 60.7 Å². The standard InChI is InChI=1S/C21H23NO5S/c23-16-17-18(22-20(28)27-17)21(24,13-25-11-14-7-3-1-4-8-14)19(16)26-12-15-9-5-2-6-10-15/h1-10,16-19,23-24H,11-13H2,(H,22,28)/t16-,17-,18-,19+,21+/m1/s1. The van der Waals surface area contributed by atoms with E-state index in [0.717, 1.165) is 11.1 Å². The first-order chi connectivity index (χ1) is 13.6. The van der Waals surface area contributed by atoms with Gasteiger partial charge in [0, 0.05) is 0 Å². The molecule has 1 saturated carbocycles. The number of rotatable bonds is 7. The van der Waals surface area contributed by atoms with E-state index < -0.39 is 30.0 Å². The van der Waals surface area contributed by atoms with Crippen LogP contribution in [-0.4, -0.2) is 51.9 Å². The summed E-state index contributed by atoms with van der Waals surface area (Å²) in [5, 5.41) is 25.3. The highest BCUT2D eigenvalue weighted by Gasteiger charge is 2.64. The molecular formula is C21H23NO5S. The number of aliphatic hydroxyl groups excluding tert-OH is 1. The molecular weight excluding hydrogens is 378 g/mol. The molecule has 1 heterocycles. The molecule has 2 aromatic rings. The minimum atomic E-state index is -1.49. The Kier molecular flexibility index (Phi) is 5.61. The molecule has 148 valence electrons. The minimum Gasteiger partial charge on any atom is -0.463 e. The topological polar surface area (TPSA) is 80.2 Å². The maximum Gasteiger partial charge on any atom is 0.257 e. The lowest BCUT2D eigenvalue weighted by Gasteiger charge is -2.34. The largest absolute Gasteiger partial charge is 0.463 e. The summed E-state index contributed by atoms with van der Waals surface area (Å²) in [6.07, 6.45) is -2.60. The van der Waals surface area contributed by atoms with Crippen LogP contribution in [0.15, 0.2) is 60.7 Å². The van der Waals surface area contributed by atoms with E-state index in [-0.39, 0.29) is 18.4 Å². The van der Waals surface area contributed by atoms with Gasteiger partial charge in [-0.15, -0.1) is 0 Å². The third-order valence-electron chi connectivity index (χ3n) is 5.24. The second kappa shape index (κ2) is 8.14. The summed E-state index contributed by atoms with van der Waals surface area (Å²) in [5.74, 6) is 0. The van der Waals surface area contributed by atoms with Crippen molar-refractivity contribution < 1.29 is 24.4 Å². The van der Waals surface area contributed by atoms with Gasteiger partial charge in [0.1, 0.15) is 23.9 Å². The van der Waals surface area contributed by atoms with Crippen LogP contribution in [0.2, 0.25) is 0 Å². The van der Waals surface area contributed by atoms with Gasteiger partial charge in [-0.1, -0.05) is 60.7 Å². The zero-order valence-electron chi connectivity index (χ0n) is 15.2. The van der Waals surface area contributed by atoms with Crippen molar-refractivity contribution in [2.75, 3.05) is 6.61 Å². The summed E-state index contributed by atoms with van der Waals surface area (Å²) in [6.45, 7) is 0.569. The van der Waals surface area contributed by atoms with E-state index in [1.165, 1.54) is 0 Å². The fourth-order valence-electron chi connectivity index (χ4n) is 3.84. The molecule has 2 fully saturated rings. The lowest BCUT2D eigenvalue weighted by molar-refractivity contribution is -0.163. The first-order valence-corrected chi connectivity index (χ1v) is 9.63. The van der Waals surface area contributed by atoms with Gasteiger partial charge >= 0.3 is 0 Å². The molecule has 2 aromatic carbocycles. The Labute approximate surface area is 169 Å². The molecule has 0 spiro atoms. The van der Waals surface area contributed by atoms with Gasteiger partial charge in [0.05, 0.1) is 19.8 Å². The molecule has 7 heteroatoms. The van der Waals surface area contributed by atoms with Crippen molar-refractivity contribution in [1.29, 1.82) is 0 Å². The summed E-state index contributed by atoms with van der Waals surface area (Å²) < 4.78 is 17.3. The molecule has 4 rings (SSSR count). The summed E-state index contributed by atoms with van der Waals surface area (Å²) in [5.41, 5.74) is 0.451. The van der Waals surface area contributed by atoms with Crippen LogP contribution in [0.25, 0.3) is 0 Å². The molecule has 5 atom stereocenters. The van der Waals surface area contributed by atoms with Crippen molar-refractivity contribution >= 4 is 17.4 Å². The first-order valence-electron chi connectivity index (χ1n) is 9.23. The fraction of sp³-hybridized carbons (Fsp3) is 0.381. The summed E-state index contributed by atoms with van der Waals surface area (Å²) in [4.78, 5) is 0. The van der Waals surface area contributed by atoms with Crippen LogP contribution in [0.1, 0.15) is 11.1 Å². The van der Waals surface area contributed by atoms with Crippen LogP contribution in [0, 0.1) is 0 Å². The highest BCUT2D eigenvalue weighted by Crippen LogP contribution is 2.39. The van der Waals surface area contributed by atoms with Crippen LogP contribution < -0.4 is 5.32 Å². The lowest BCUT2D eigenvalue weighted by Crippen LogP contribution is -2.57. The quantitative estimate of drug-likeness (QED) is 0.607. The van der Waals surface area contributed by atoms with Gasteiger partial charge in [-0.2, -0.15) is 0 Å². The molecule has 0 radical (unpaired) electrons. The van der Waals surface area contributed by atoms with Gasteiger partial charge in [0.2, 0.25) is 0 Å². The second-order valence-electron chi connectivity index (χ2n) is 7.17. The molecule has 1 aliphatic heterocycles. The molecule has 2 aliphatic rings. The van der Waals surface area contributed by atoms with Gasteiger partial charge in [-0.05, 0) is 23.3 Å². The Morgan fingerprint density at radius 3 is 2.25 bits per heavy atom. The molecule has 0 bridgehead atoms. The molecule has 3 N–H and O–H groups in total. The average Bonchev–Trinajstić information content (AvgIpc) is 3.19. The summed E-state index contributed by atoms with van der Waals surface area (Å²) in [7, 11) is 0. The van der Waals surface area contributed by atoms with Gasteiger partial charge in [-0.3, -0.25) is 0 Å². The van der Waals surface area contributed by atoms with Crippen molar-refractivity contribution in [2.45, 2.75) is 43.2 Å². The number of benzene rings is 2. The van der Waals surface area contributed by atoms with E-state index >= 15 is 0 Å². The number of thiocarbonyl (C=S) groups is 1. The van der Waals surface area contributed by atoms with Crippen molar-refractivity contribution in [2.24, 2.45) is 0 Å². The lowest BCUT2D eigenvalue weighted by atomic mass is 9.96. The zero-order valence-corrected chi connectivity index (χ0v) is 16.0. The highest BCUT2D eigenvalue weighted by atomic mass is 32.1. The average molecular weight is 401 g/mol. The van der Waals surface area contributed by atoms with E-state index in [9.17, 15) is 10.2 Å². The monoisotopic (exact) mass is 401 g/mol. The van der Waals surface area contributed by atoms with Gasteiger partial charge in [0.25, 0.3) is 5.17 Å². The number of hydrogen-bond acceptors (Lipinski definition) is 6. The Bertz CT molecular complexity index is 805. The normalized spacial score (nSPS) is 31.3. The van der Waals surface area contributed by atoms with Gasteiger partial charge in [-0.25, -0.2) is 0 Å². The fourth-order valence-corrected chi connectivity index (χ4v) is 4.08. The second-order valence-corrected chi connectivity index (χ2v) is 7.54. The molecule has 0 aromatic heterocycles. The zero-order chi connectivity index (χ0) is 19.6. The molecule has 28 heavy (non-hydrogen) atoms. The van der Waals surface area contributed by atoms with Crippen molar-refractivity contribution in [3.8, 4) is 0 Å². The van der Waals surface area contributed by atoms with Crippen molar-refractivity contribution in [3.05, 3.63) is 71.8 Å². The minimum absolute atomic E-state index is 0.0292. The maximum atomic E-state index is 11.5. The number of fused-ring (bicyclic) bond motifs is 1. The Morgan fingerprint density at radius 2 is 1.61 bits per heavy atom. The predicted octanol–water partition coefficient (Wildman–Crippen LogP) is 1.54. The maximum absolute atomic E-state index is 11.5. The van der Waals surface area contributed by atoms with Crippen LogP contribution in [-0.2, 0) is 27.4 Å². The molecule has 1 aliphatic carbocycles. The Balaban J connectivity index is 1.48. The van der Waals surface area contributed by atoms with E-state index in [2.05, 4.69) is 5.32 Å². The van der Waals surface area contributed by atoms with Crippen LogP contribution in [0.5, 0.6) is 0 Å². The van der Waals surface area contributed by atoms with Crippen LogP contribution in [0.3, 0.4) is 0 Å². The first kappa shape index (κ1) is 19.3. The van der Waals surface area contributed by atoms with Crippen molar-refractivity contribution in [3.63, 3.8) is 0 Å². The Morgan fingerprint density at radius 1 is 1.00 bits per heavy atom. The molecule has 0 amide bonds. The van der Waals surface area contributed by atoms with E-state index in [0.29, 0.717) is 6.61 Å². The van der Waals surface area contributed by atoms with Crippen LogP contribution in [0.4, 0.5) is 0 Å². The summed E-state index contributed by atoms with van der Waals surface area (Å²) >= 11 is 5.06. The van der Waals surface area contributed by atoms with E-state index in [4.69, 9.17) is 26.4 Å². The SMILES string of the molecule is O[C@@H]1[C@H]2OC(=S)N[C@H]2[C@@](O)(COCc2ccccc2)[C@H]1OCc1ccccc1. The van der Waals surface area contributed by atoms with Gasteiger partial charge < -0.3 is 29.7 Å². The smallest absolute Gasteiger partial charge is 0.257 e. The summed E-state index contributed by atoms with van der Waals surface area (Å²) in [6, 6.07) is 18.7. The number of aliphatic hydroxyl groups is 2.